The maximum Gasteiger partial charge on any atom is 0.293 e. The first-order valence-electron chi connectivity index (χ1n) is 9.23. The van der Waals surface area contributed by atoms with E-state index in [1.54, 1.807) is 6.07 Å². The molecule has 2 amide bonds. The second-order valence-electron chi connectivity index (χ2n) is 6.86. The summed E-state index contributed by atoms with van der Waals surface area (Å²) in [7, 11) is 0. The highest BCUT2D eigenvalue weighted by Gasteiger charge is 2.22. The van der Waals surface area contributed by atoms with Gasteiger partial charge in [0.05, 0.1) is 6.42 Å². The third-order valence-corrected chi connectivity index (χ3v) is 5.62. The van der Waals surface area contributed by atoms with Gasteiger partial charge in [0.1, 0.15) is 11.3 Å². The average molecular weight is 404 g/mol. The van der Waals surface area contributed by atoms with Crippen LogP contribution in [0.4, 0.5) is 11.4 Å². The molecule has 4 aromatic rings. The Morgan fingerprint density at radius 3 is 2.55 bits per heavy atom. The maximum absolute atomic E-state index is 12.9. The van der Waals surface area contributed by atoms with Crippen LogP contribution in [0.1, 0.15) is 26.6 Å². The van der Waals surface area contributed by atoms with Crippen LogP contribution in [0.2, 0.25) is 0 Å². The zero-order valence-electron chi connectivity index (χ0n) is 16.1. The molecule has 2 heterocycles. The quantitative estimate of drug-likeness (QED) is 0.458. The fraction of sp³-hybridized carbons (Fsp3) is 0.130. The predicted molar refractivity (Wildman–Crippen MR) is 117 cm³/mol. The minimum Gasteiger partial charge on any atom is -0.449 e. The van der Waals surface area contributed by atoms with E-state index < -0.39 is 5.91 Å². The maximum atomic E-state index is 12.9. The number of fused-ring (bicyclic) bond motifs is 1. The van der Waals surface area contributed by atoms with Crippen LogP contribution in [0.3, 0.4) is 0 Å². The highest BCUT2D eigenvalue weighted by atomic mass is 32.1. The zero-order chi connectivity index (χ0) is 20.4. The topological polar surface area (TPSA) is 71.3 Å². The molecule has 146 valence electrons. The van der Waals surface area contributed by atoms with Gasteiger partial charge in [0.25, 0.3) is 5.91 Å². The van der Waals surface area contributed by atoms with E-state index in [-0.39, 0.29) is 18.1 Å². The number of carbonyl (C=O) groups is 2. The van der Waals surface area contributed by atoms with Crippen LogP contribution in [0, 0.1) is 13.8 Å². The number of nitrogens with one attached hydrogen (secondary N) is 2. The normalized spacial score (nSPS) is 10.8. The Balaban J connectivity index is 1.64. The summed E-state index contributed by atoms with van der Waals surface area (Å²) in [5.41, 5.74) is 3.84. The van der Waals surface area contributed by atoms with Gasteiger partial charge in [-0.3, -0.25) is 9.59 Å². The van der Waals surface area contributed by atoms with Crippen molar-refractivity contribution < 1.29 is 14.0 Å². The number of hydrogen-bond donors (Lipinski definition) is 2. The van der Waals surface area contributed by atoms with Gasteiger partial charge < -0.3 is 15.1 Å². The van der Waals surface area contributed by atoms with Crippen LogP contribution < -0.4 is 10.6 Å². The molecule has 29 heavy (non-hydrogen) atoms. The van der Waals surface area contributed by atoms with Crippen molar-refractivity contribution in [3.8, 4) is 0 Å². The molecule has 0 saturated heterocycles. The van der Waals surface area contributed by atoms with Crippen molar-refractivity contribution in [1.29, 1.82) is 0 Å². The molecule has 0 fully saturated rings. The van der Waals surface area contributed by atoms with Gasteiger partial charge in [-0.05, 0) is 60.7 Å². The molecule has 0 radical (unpaired) electrons. The van der Waals surface area contributed by atoms with Crippen LogP contribution in [-0.4, -0.2) is 11.8 Å². The van der Waals surface area contributed by atoms with Crippen LogP contribution in [0.25, 0.3) is 11.0 Å². The number of aryl methyl sites for hydroxylation is 2. The van der Waals surface area contributed by atoms with Gasteiger partial charge >= 0.3 is 0 Å². The highest BCUT2D eigenvalue weighted by molar-refractivity contribution is 7.10. The average Bonchev–Trinajstić information content (AvgIpc) is 3.33. The summed E-state index contributed by atoms with van der Waals surface area (Å²) in [6, 6.07) is 16.8. The molecule has 4 rings (SSSR count). The SMILES string of the molecule is Cc1ccc(NC(=O)c2oc3ccccc3c2NC(=O)Cc2cccs2)cc1C. The monoisotopic (exact) mass is 404 g/mol. The Hall–Kier alpha value is -3.38. The third kappa shape index (κ3) is 4.07. The Kier molecular flexibility index (Phi) is 5.18. The molecule has 0 atom stereocenters. The van der Waals surface area contributed by atoms with E-state index in [9.17, 15) is 9.59 Å². The summed E-state index contributed by atoms with van der Waals surface area (Å²) in [6.45, 7) is 4.00. The van der Waals surface area contributed by atoms with E-state index >= 15 is 0 Å². The molecular formula is C23H20N2O3S. The first-order chi connectivity index (χ1) is 14.0. The summed E-state index contributed by atoms with van der Waals surface area (Å²) in [6.07, 6.45) is 0.245. The molecule has 0 aliphatic heterocycles. The summed E-state index contributed by atoms with van der Waals surface area (Å²) >= 11 is 1.52. The number of anilines is 2. The third-order valence-electron chi connectivity index (χ3n) is 4.75. The van der Waals surface area contributed by atoms with Crippen molar-refractivity contribution in [3.05, 3.63) is 81.7 Å². The number of hydrogen-bond acceptors (Lipinski definition) is 4. The van der Waals surface area contributed by atoms with E-state index in [0.29, 0.717) is 22.3 Å². The molecule has 2 aromatic carbocycles. The Labute approximate surface area is 172 Å². The summed E-state index contributed by atoms with van der Waals surface area (Å²) in [5.74, 6) is -0.515. The summed E-state index contributed by atoms with van der Waals surface area (Å²) in [4.78, 5) is 26.5. The second kappa shape index (κ2) is 7.93. The van der Waals surface area contributed by atoms with Gasteiger partial charge in [-0.1, -0.05) is 24.3 Å². The first-order valence-corrected chi connectivity index (χ1v) is 10.1. The van der Waals surface area contributed by atoms with Crippen molar-refractivity contribution in [2.45, 2.75) is 20.3 Å². The molecule has 5 nitrogen and oxygen atoms in total. The van der Waals surface area contributed by atoms with Crippen molar-refractivity contribution in [2.24, 2.45) is 0 Å². The first kappa shape index (κ1) is 19.0. The molecule has 0 unspecified atom stereocenters. The number of carbonyl (C=O) groups excluding carboxylic acids is 2. The van der Waals surface area contributed by atoms with Gasteiger partial charge in [0.2, 0.25) is 11.7 Å². The van der Waals surface area contributed by atoms with Gasteiger partial charge in [-0.15, -0.1) is 11.3 Å². The van der Waals surface area contributed by atoms with Crippen molar-refractivity contribution in [1.82, 2.24) is 0 Å². The van der Waals surface area contributed by atoms with Gasteiger partial charge in [0.15, 0.2) is 0 Å². The van der Waals surface area contributed by atoms with Gasteiger partial charge in [-0.2, -0.15) is 0 Å². The van der Waals surface area contributed by atoms with Crippen molar-refractivity contribution in [3.63, 3.8) is 0 Å². The van der Waals surface area contributed by atoms with E-state index in [1.807, 2.05) is 67.8 Å². The van der Waals surface area contributed by atoms with E-state index in [0.717, 1.165) is 16.0 Å². The number of para-hydroxylation sites is 1. The number of rotatable bonds is 5. The Morgan fingerprint density at radius 1 is 0.966 bits per heavy atom. The Bertz CT molecular complexity index is 1190. The van der Waals surface area contributed by atoms with E-state index in [4.69, 9.17) is 4.42 Å². The van der Waals surface area contributed by atoms with Gasteiger partial charge in [-0.25, -0.2) is 0 Å². The molecule has 2 N–H and O–H groups in total. The summed E-state index contributed by atoms with van der Waals surface area (Å²) < 4.78 is 5.80. The van der Waals surface area contributed by atoms with Crippen LogP contribution in [0.15, 0.2) is 64.4 Å². The lowest BCUT2D eigenvalue weighted by molar-refractivity contribution is -0.115. The lowest BCUT2D eigenvalue weighted by Gasteiger charge is -2.08. The van der Waals surface area contributed by atoms with Crippen molar-refractivity contribution >= 4 is 45.5 Å². The lowest BCUT2D eigenvalue weighted by Crippen LogP contribution is -2.18. The molecule has 0 saturated carbocycles. The lowest BCUT2D eigenvalue weighted by atomic mass is 10.1. The number of amides is 2. The standard InChI is InChI=1S/C23H20N2O3S/c1-14-9-10-16(12-15(14)2)24-23(27)22-21(18-7-3-4-8-19(18)28-22)25-20(26)13-17-6-5-11-29-17/h3-12H,13H2,1-2H3,(H,24,27)(H,25,26). The predicted octanol–water partition coefficient (Wildman–Crippen LogP) is 5.54. The minimum absolute atomic E-state index is 0.0870. The number of benzene rings is 2. The summed E-state index contributed by atoms with van der Waals surface area (Å²) in [5, 5.41) is 8.36. The van der Waals surface area contributed by atoms with E-state index in [2.05, 4.69) is 10.6 Å². The van der Waals surface area contributed by atoms with Crippen LogP contribution in [0.5, 0.6) is 0 Å². The molecule has 0 aliphatic rings. The van der Waals surface area contributed by atoms with Crippen LogP contribution in [-0.2, 0) is 11.2 Å². The van der Waals surface area contributed by atoms with Crippen molar-refractivity contribution in [2.75, 3.05) is 10.6 Å². The molecule has 0 aliphatic carbocycles. The van der Waals surface area contributed by atoms with Gasteiger partial charge in [0, 0.05) is 16.0 Å². The molecule has 0 spiro atoms. The molecule has 6 heteroatoms. The Morgan fingerprint density at radius 2 is 1.79 bits per heavy atom. The fourth-order valence-electron chi connectivity index (χ4n) is 3.09. The zero-order valence-corrected chi connectivity index (χ0v) is 16.9. The van der Waals surface area contributed by atoms with Crippen LogP contribution >= 0.6 is 11.3 Å². The molecule has 2 aromatic heterocycles. The number of furan rings is 1. The number of thiophene rings is 1. The minimum atomic E-state index is -0.407. The smallest absolute Gasteiger partial charge is 0.293 e. The fourth-order valence-corrected chi connectivity index (χ4v) is 3.80. The molecule has 0 bridgehead atoms. The second-order valence-corrected chi connectivity index (χ2v) is 7.89. The van der Waals surface area contributed by atoms with E-state index in [1.165, 1.54) is 11.3 Å². The highest BCUT2D eigenvalue weighted by Crippen LogP contribution is 2.32. The molecular weight excluding hydrogens is 384 g/mol. The largest absolute Gasteiger partial charge is 0.449 e.